The third kappa shape index (κ3) is 3.48. The number of nitro groups is 1. The molecule has 9 nitrogen and oxygen atoms in total. The molecule has 138 valence electrons. The third-order valence-electron chi connectivity index (χ3n) is 4.06. The van der Waals surface area contributed by atoms with Crippen LogP contribution in [0.2, 0.25) is 0 Å². The normalized spacial score (nSPS) is 20.6. The first kappa shape index (κ1) is 18.1. The molecule has 0 spiro atoms. The number of rotatable bonds is 4. The maximum Gasteiger partial charge on any atom is 0.348 e. The molecule has 2 aromatic rings. The summed E-state index contributed by atoms with van der Waals surface area (Å²) in [6, 6.07) is 11.2. The second-order valence-electron chi connectivity index (χ2n) is 5.90. The molecule has 0 saturated heterocycles. The van der Waals surface area contributed by atoms with Crippen LogP contribution in [0.1, 0.15) is 6.42 Å². The van der Waals surface area contributed by atoms with Crippen molar-refractivity contribution in [3.63, 3.8) is 0 Å². The Morgan fingerprint density at radius 2 is 1.78 bits per heavy atom. The molecular weight excluding hydrogens is 354 g/mol. The number of hydrogen-bond donors (Lipinski definition) is 4. The van der Waals surface area contributed by atoms with Crippen molar-refractivity contribution in [2.45, 2.75) is 12.1 Å². The van der Waals surface area contributed by atoms with E-state index in [1.54, 1.807) is 30.3 Å². The monoisotopic (exact) mass is 369 g/mol. The Balaban J connectivity index is 2.01. The molecule has 0 amide bonds. The summed E-state index contributed by atoms with van der Waals surface area (Å²) in [7, 11) is 0. The van der Waals surface area contributed by atoms with Gasteiger partial charge in [0.05, 0.1) is 16.9 Å². The molecule has 0 aliphatic heterocycles. The Morgan fingerprint density at radius 1 is 1.11 bits per heavy atom. The number of aromatic hydroxyl groups is 2. The predicted octanol–water partition coefficient (Wildman–Crippen LogP) is 2.03. The van der Waals surface area contributed by atoms with Gasteiger partial charge in [0.1, 0.15) is 22.9 Å². The maximum atomic E-state index is 11.9. The van der Waals surface area contributed by atoms with E-state index in [9.17, 15) is 30.2 Å². The predicted molar refractivity (Wildman–Crippen MR) is 97.0 cm³/mol. The van der Waals surface area contributed by atoms with Gasteiger partial charge in [-0.25, -0.2) is 0 Å². The first-order chi connectivity index (χ1) is 12.8. The Kier molecular flexibility index (Phi) is 4.61. The largest absolute Gasteiger partial charge is 0.507 e. The fraction of sp³-hybridized carbons (Fsp3) is 0.111. The molecule has 0 bridgehead atoms. The highest BCUT2D eigenvalue weighted by Gasteiger charge is 2.43. The molecule has 0 saturated carbocycles. The smallest absolute Gasteiger partial charge is 0.348 e. The molecule has 1 aliphatic carbocycles. The van der Waals surface area contributed by atoms with Gasteiger partial charge in [-0.3, -0.25) is 20.3 Å². The number of phenols is 2. The summed E-state index contributed by atoms with van der Waals surface area (Å²) >= 11 is 0. The molecule has 0 fully saturated rings. The standard InChI is InChI=1S/C18H15N3O6/c22-13-8-9-18(25,21(26)27)10-12(13)19-20-17-15(24)7-6-14(23)16(17)11-4-2-1-3-5-11/h1-9,20,23-25H,10H2. The van der Waals surface area contributed by atoms with Crippen LogP contribution in [0.5, 0.6) is 11.5 Å². The quantitative estimate of drug-likeness (QED) is 0.212. The van der Waals surface area contributed by atoms with Crippen molar-refractivity contribution in [1.82, 2.24) is 0 Å². The number of benzene rings is 2. The van der Waals surface area contributed by atoms with E-state index < -0.39 is 22.9 Å². The lowest BCUT2D eigenvalue weighted by Gasteiger charge is -2.19. The van der Waals surface area contributed by atoms with E-state index >= 15 is 0 Å². The highest BCUT2D eigenvalue weighted by molar-refractivity contribution is 6.45. The molecule has 1 aliphatic rings. The number of hydrogen-bond acceptors (Lipinski definition) is 8. The van der Waals surface area contributed by atoms with Crippen molar-refractivity contribution >= 4 is 17.2 Å². The number of nitrogens with zero attached hydrogens (tertiary/aromatic N) is 2. The van der Waals surface area contributed by atoms with Crippen LogP contribution in [0, 0.1) is 10.1 Å². The highest BCUT2D eigenvalue weighted by Crippen LogP contribution is 2.41. The Morgan fingerprint density at radius 3 is 2.44 bits per heavy atom. The van der Waals surface area contributed by atoms with Crippen molar-refractivity contribution in [3.8, 4) is 22.6 Å². The summed E-state index contributed by atoms with van der Waals surface area (Å²) in [6.45, 7) is 0. The number of anilines is 1. The summed E-state index contributed by atoms with van der Waals surface area (Å²) in [5.74, 6) is -1.01. The van der Waals surface area contributed by atoms with Gasteiger partial charge in [0.15, 0.2) is 0 Å². The molecule has 1 unspecified atom stereocenters. The third-order valence-corrected chi connectivity index (χ3v) is 4.06. The van der Waals surface area contributed by atoms with E-state index in [0.29, 0.717) is 5.56 Å². The molecule has 1 atom stereocenters. The van der Waals surface area contributed by atoms with E-state index in [1.165, 1.54) is 12.1 Å². The van der Waals surface area contributed by atoms with Gasteiger partial charge in [0.2, 0.25) is 5.78 Å². The van der Waals surface area contributed by atoms with Crippen molar-refractivity contribution in [2.75, 3.05) is 5.43 Å². The first-order valence-corrected chi connectivity index (χ1v) is 7.85. The number of carbonyl (C=O) groups is 1. The van der Waals surface area contributed by atoms with Gasteiger partial charge in [-0.1, -0.05) is 30.3 Å². The Labute approximate surface area is 153 Å². The van der Waals surface area contributed by atoms with Gasteiger partial charge in [-0.15, -0.1) is 0 Å². The fourth-order valence-corrected chi connectivity index (χ4v) is 2.63. The molecule has 4 N–H and O–H groups in total. The zero-order valence-electron chi connectivity index (χ0n) is 13.9. The molecule has 27 heavy (non-hydrogen) atoms. The van der Waals surface area contributed by atoms with Crippen LogP contribution in [0.4, 0.5) is 5.69 Å². The summed E-state index contributed by atoms with van der Waals surface area (Å²) in [6.07, 6.45) is 1.03. The van der Waals surface area contributed by atoms with Gasteiger partial charge in [0.25, 0.3) is 0 Å². The van der Waals surface area contributed by atoms with E-state index in [2.05, 4.69) is 10.5 Å². The molecule has 0 heterocycles. The van der Waals surface area contributed by atoms with Crippen LogP contribution in [-0.4, -0.2) is 37.5 Å². The van der Waals surface area contributed by atoms with E-state index in [-0.39, 0.29) is 28.5 Å². The Hall–Kier alpha value is -3.72. The molecule has 3 rings (SSSR count). The maximum absolute atomic E-state index is 11.9. The molecule has 0 radical (unpaired) electrons. The van der Waals surface area contributed by atoms with Crippen molar-refractivity contribution < 1.29 is 25.0 Å². The number of aliphatic hydroxyl groups is 1. The minimum atomic E-state index is -2.43. The lowest BCUT2D eigenvalue weighted by Crippen LogP contribution is -2.42. The average molecular weight is 369 g/mol. The van der Waals surface area contributed by atoms with E-state index in [4.69, 9.17) is 0 Å². The van der Waals surface area contributed by atoms with Crippen molar-refractivity contribution in [3.05, 3.63) is 64.7 Å². The zero-order chi connectivity index (χ0) is 19.6. The number of phenolic OH excluding ortho intramolecular Hbond substituents is 2. The van der Waals surface area contributed by atoms with E-state index in [1.807, 2.05) is 0 Å². The van der Waals surface area contributed by atoms with Gasteiger partial charge in [-0.2, -0.15) is 5.10 Å². The lowest BCUT2D eigenvalue weighted by atomic mass is 9.97. The van der Waals surface area contributed by atoms with Gasteiger partial charge >= 0.3 is 5.72 Å². The van der Waals surface area contributed by atoms with Crippen molar-refractivity contribution in [1.29, 1.82) is 0 Å². The fourth-order valence-electron chi connectivity index (χ4n) is 2.63. The number of hydrazone groups is 1. The van der Waals surface area contributed by atoms with Gasteiger partial charge < -0.3 is 15.3 Å². The van der Waals surface area contributed by atoms with Crippen LogP contribution in [0.3, 0.4) is 0 Å². The van der Waals surface area contributed by atoms with Crippen LogP contribution < -0.4 is 5.43 Å². The Bertz CT molecular complexity index is 971. The van der Waals surface area contributed by atoms with Crippen LogP contribution >= 0.6 is 0 Å². The second-order valence-corrected chi connectivity index (χ2v) is 5.90. The van der Waals surface area contributed by atoms with Crippen LogP contribution in [-0.2, 0) is 4.79 Å². The van der Waals surface area contributed by atoms with Crippen LogP contribution in [0.15, 0.2) is 59.7 Å². The lowest BCUT2D eigenvalue weighted by molar-refractivity contribution is -0.605. The first-order valence-electron chi connectivity index (χ1n) is 7.85. The minimum Gasteiger partial charge on any atom is -0.507 e. The zero-order valence-corrected chi connectivity index (χ0v) is 13.9. The molecule has 0 aromatic heterocycles. The van der Waals surface area contributed by atoms with Crippen LogP contribution in [0.25, 0.3) is 11.1 Å². The van der Waals surface area contributed by atoms with E-state index in [0.717, 1.165) is 12.2 Å². The highest BCUT2D eigenvalue weighted by atomic mass is 16.7. The minimum absolute atomic E-state index is 0.0145. The number of allylic oxidation sites excluding steroid dienone is 1. The second kappa shape index (κ2) is 6.89. The van der Waals surface area contributed by atoms with Gasteiger partial charge in [0, 0.05) is 6.08 Å². The summed E-state index contributed by atoms with van der Waals surface area (Å²) < 4.78 is 0. The summed E-state index contributed by atoms with van der Waals surface area (Å²) in [5, 5.41) is 45.1. The summed E-state index contributed by atoms with van der Waals surface area (Å²) in [4.78, 5) is 22.0. The molecular formula is C18H15N3O6. The average Bonchev–Trinajstić information content (AvgIpc) is 2.65. The number of nitrogens with one attached hydrogen (secondary N) is 1. The molecule has 2 aromatic carbocycles. The van der Waals surface area contributed by atoms with Gasteiger partial charge in [-0.05, 0) is 23.8 Å². The SMILES string of the molecule is O=C1C=CC(O)([N+](=O)[O-])CC1=NNc1c(O)ccc(O)c1-c1ccccc1. The molecule has 9 heteroatoms. The summed E-state index contributed by atoms with van der Waals surface area (Å²) in [5.41, 5.74) is 0.589. The number of ketones is 1. The number of carbonyl (C=O) groups excluding carboxylic acids is 1. The topological polar surface area (TPSA) is 145 Å². The van der Waals surface area contributed by atoms with Crippen molar-refractivity contribution in [2.24, 2.45) is 5.10 Å².